The highest BCUT2D eigenvalue weighted by atomic mass is 32.2. The van der Waals surface area contributed by atoms with Crippen molar-refractivity contribution in [2.75, 3.05) is 12.3 Å². The molecule has 1 aliphatic carbocycles. The summed E-state index contributed by atoms with van der Waals surface area (Å²) in [7, 11) is 0. The van der Waals surface area contributed by atoms with Crippen LogP contribution in [0.5, 0.6) is 5.75 Å². The van der Waals surface area contributed by atoms with Gasteiger partial charge in [0.1, 0.15) is 5.75 Å². The first-order chi connectivity index (χ1) is 10.7. The molecule has 4 heteroatoms. The number of benzene rings is 1. The van der Waals surface area contributed by atoms with Crippen molar-refractivity contribution in [1.82, 2.24) is 5.32 Å². The average molecular weight is 321 g/mol. The summed E-state index contributed by atoms with van der Waals surface area (Å²) < 4.78 is 5.70. The van der Waals surface area contributed by atoms with Crippen molar-refractivity contribution in [3.05, 3.63) is 29.8 Å². The van der Waals surface area contributed by atoms with Gasteiger partial charge in [0.2, 0.25) is 0 Å². The van der Waals surface area contributed by atoms with E-state index in [0.29, 0.717) is 11.3 Å². The molecule has 0 saturated heterocycles. The summed E-state index contributed by atoms with van der Waals surface area (Å²) in [4.78, 5) is 12.3. The van der Waals surface area contributed by atoms with Crippen LogP contribution in [0.4, 0.5) is 0 Å². The van der Waals surface area contributed by atoms with E-state index >= 15 is 0 Å². The number of hydrogen-bond acceptors (Lipinski definition) is 3. The highest BCUT2D eigenvalue weighted by molar-refractivity contribution is 7.99. The lowest BCUT2D eigenvalue weighted by Gasteiger charge is -2.21. The van der Waals surface area contributed by atoms with E-state index < -0.39 is 0 Å². The Hall–Kier alpha value is -1.16. The van der Waals surface area contributed by atoms with Crippen LogP contribution in [0.2, 0.25) is 0 Å². The second kappa shape index (κ2) is 9.09. The fourth-order valence-corrected chi connectivity index (χ4v) is 3.95. The maximum absolute atomic E-state index is 12.3. The number of hydrogen-bond donors (Lipinski definition) is 1. The molecule has 122 valence electrons. The summed E-state index contributed by atoms with van der Waals surface area (Å²) in [6.07, 6.45) is 6.86. The zero-order chi connectivity index (χ0) is 15.8. The molecule has 1 saturated carbocycles. The lowest BCUT2D eigenvalue weighted by Crippen LogP contribution is -2.27. The van der Waals surface area contributed by atoms with E-state index in [2.05, 4.69) is 5.32 Å². The third-order valence-corrected chi connectivity index (χ3v) is 5.17. The van der Waals surface area contributed by atoms with Crippen molar-refractivity contribution >= 4 is 17.7 Å². The second-order valence-corrected chi connectivity index (χ2v) is 7.46. The molecule has 0 aromatic heterocycles. The summed E-state index contributed by atoms with van der Waals surface area (Å²) in [5, 5.41) is 3.81. The molecule has 3 nitrogen and oxygen atoms in total. The average Bonchev–Trinajstić information content (AvgIpc) is 2.52. The molecule has 1 fully saturated rings. The van der Waals surface area contributed by atoms with E-state index in [1.54, 1.807) is 0 Å². The first-order valence-corrected chi connectivity index (χ1v) is 9.37. The van der Waals surface area contributed by atoms with Gasteiger partial charge in [-0.3, -0.25) is 4.79 Å². The molecule has 0 aliphatic heterocycles. The second-order valence-electron chi connectivity index (χ2n) is 6.05. The zero-order valence-corrected chi connectivity index (χ0v) is 14.5. The van der Waals surface area contributed by atoms with Gasteiger partial charge in [0.15, 0.2) is 0 Å². The highest BCUT2D eigenvalue weighted by Crippen LogP contribution is 2.27. The Morgan fingerprint density at radius 3 is 2.73 bits per heavy atom. The maximum atomic E-state index is 12.3. The minimum absolute atomic E-state index is 0.0412. The van der Waals surface area contributed by atoms with Crippen LogP contribution in [-0.2, 0) is 0 Å². The SMILES string of the molecule is CC(C)Oc1ccccc1C(=O)NCCSC1CCCCC1. The standard InChI is InChI=1S/C18H27NO2S/c1-14(2)21-17-11-7-6-10-16(17)18(20)19-12-13-22-15-8-4-3-5-9-15/h6-7,10-11,14-15H,3-5,8-9,12-13H2,1-2H3,(H,19,20). The Kier molecular flexibility index (Phi) is 7.10. The van der Waals surface area contributed by atoms with Crippen LogP contribution in [0.15, 0.2) is 24.3 Å². The molecule has 0 radical (unpaired) electrons. The number of carbonyl (C=O) groups is 1. The van der Waals surface area contributed by atoms with E-state index in [4.69, 9.17) is 4.74 Å². The number of rotatable bonds is 7. The number of thioether (sulfide) groups is 1. The molecule has 0 atom stereocenters. The zero-order valence-electron chi connectivity index (χ0n) is 13.6. The molecule has 1 N–H and O–H groups in total. The van der Waals surface area contributed by atoms with Crippen LogP contribution in [0.3, 0.4) is 0 Å². The van der Waals surface area contributed by atoms with Crippen molar-refractivity contribution in [3.63, 3.8) is 0 Å². The van der Waals surface area contributed by atoms with Gasteiger partial charge in [-0.1, -0.05) is 31.4 Å². The lowest BCUT2D eigenvalue weighted by molar-refractivity contribution is 0.0950. The topological polar surface area (TPSA) is 38.3 Å². The van der Waals surface area contributed by atoms with Crippen LogP contribution in [-0.4, -0.2) is 29.6 Å². The number of ether oxygens (including phenoxy) is 1. The number of carbonyl (C=O) groups excluding carboxylic acids is 1. The Morgan fingerprint density at radius 2 is 2.00 bits per heavy atom. The summed E-state index contributed by atoms with van der Waals surface area (Å²) in [5.41, 5.74) is 0.624. The minimum atomic E-state index is -0.0412. The van der Waals surface area contributed by atoms with Gasteiger partial charge in [-0.05, 0) is 38.8 Å². The maximum Gasteiger partial charge on any atom is 0.255 e. The van der Waals surface area contributed by atoms with Crippen molar-refractivity contribution in [1.29, 1.82) is 0 Å². The molecule has 1 aliphatic rings. The predicted molar refractivity (Wildman–Crippen MR) is 93.9 cm³/mol. The molecule has 0 spiro atoms. The van der Waals surface area contributed by atoms with E-state index in [9.17, 15) is 4.79 Å². The van der Waals surface area contributed by atoms with E-state index in [0.717, 1.165) is 17.5 Å². The Balaban J connectivity index is 1.77. The Bertz CT molecular complexity index is 470. The predicted octanol–water partition coefficient (Wildman–Crippen LogP) is 4.27. The smallest absolute Gasteiger partial charge is 0.255 e. The Labute approximate surface area is 138 Å². The summed E-state index contributed by atoms with van der Waals surface area (Å²) in [6.45, 7) is 4.65. The summed E-state index contributed by atoms with van der Waals surface area (Å²) in [6, 6.07) is 7.44. The first kappa shape index (κ1) is 17.2. The number of para-hydroxylation sites is 1. The van der Waals surface area contributed by atoms with Gasteiger partial charge in [0, 0.05) is 17.5 Å². The van der Waals surface area contributed by atoms with Crippen LogP contribution in [0, 0.1) is 0 Å². The van der Waals surface area contributed by atoms with Gasteiger partial charge in [-0.25, -0.2) is 0 Å². The number of nitrogens with one attached hydrogen (secondary N) is 1. The van der Waals surface area contributed by atoms with E-state index in [1.807, 2.05) is 49.9 Å². The molecule has 0 unspecified atom stereocenters. The molecule has 1 aromatic carbocycles. The molecule has 0 bridgehead atoms. The van der Waals surface area contributed by atoms with Crippen molar-refractivity contribution in [3.8, 4) is 5.75 Å². The summed E-state index contributed by atoms with van der Waals surface area (Å²) >= 11 is 2.00. The fraction of sp³-hybridized carbons (Fsp3) is 0.611. The third-order valence-electron chi connectivity index (χ3n) is 3.79. The molecule has 2 rings (SSSR count). The first-order valence-electron chi connectivity index (χ1n) is 8.32. The van der Waals surface area contributed by atoms with Crippen LogP contribution in [0.25, 0.3) is 0 Å². The van der Waals surface area contributed by atoms with Crippen LogP contribution in [0.1, 0.15) is 56.3 Å². The number of amides is 1. The molecule has 22 heavy (non-hydrogen) atoms. The van der Waals surface area contributed by atoms with Crippen molar-refractivity contribution in [2.24, 2.45) is 0 Å². The summed E-state index contributed by atoms with van der Waals surface area (Å²) in [5.74, 6) is 1.61. The largest absolute Gasteiger partial charge is 0.490 e. The minimum Gasteiger partial charge on any atom is -0.490 e. The molecule has 1 amide bonds. The van der Waals surface area contributed by atoms with Crippen LogP contribution >= 0.6 is 11.8 Å². The Morgan fingerprint density at radius 1 is 1.27 bits per heavy atom. The quantitative estimate of drug-likeness (QED) is 0.762. The lowest BCUT2D eigenvalue weighted by atomic mass is 10.0. The van der Waals surface area contributed by atoms with Gasteiger partial charge < -0.3 is 10.1 Å². The van der Waals surface area contributed by atoms with Crippen molar-refractivity contribution < 1.29 is 9.53 Å². The monoisotopic (exact) mass is 321 g/mol. The van der Waals surface area contributed by atoms with Gasteiger partial charge in [-0.15, -0.1) is 0 Å². The normalized spacial score (nSPS) is 15.8. The molecular weight excluding hydrogens is 294 g/mol. The third kappa shape index (κ3) is 5.56. The fourth-order valence-electron chi connectivity index (χ4n) is 2.73. The van der Waals surface area contributed by atoms with Crippen molar-refractivity contribution in [2.45, 2.75) is 57.3 Å². The van der Waals surface area contributed by atoms with E-state index in [-0.39, 0.29) is 12.0 Å². The van der Waals surface area contributed by atoms with Gasteiger partial charge in [0.05, 0.1) is 11.7 Å². The van der Waals surface area contributed by atoms with Gasteiger partial charge in [0.25, 0.3) is 5.91 Å². The highest BCUT2D eigenvalue weighted by Gasteiger charge is 2.15. The van der Waals surface area contributed by atoms with E-state index in [1.165, 1.54) is 32.1 Å². The van der Waals surface area contributed by atoms with Gasteiger partial charge >= 0.3 is 0 Å². The molecule has 0 heterocycles. The molecule has 1 aromatic rings. The molecular formula is C18H27NO2S. The van der Waals surface area contributed by atoms with Crippen LogP contribution < -0.4 is 10.1 Å². The van der Waals surface area contributed by atoms with Gasteiger partial charge in [-0.2, -0.15) is 11.8 Å².